The molecular formula is C19H17N3O4S. The summed E-state index contributed by atoms with van der Waals surface area (Å²) in [7, 11) is -3.48. The normalized spacial score (nSPS) is 16.0. The van der Waals surface area contributed by atoms with Gasteiger partial charge in [0.25, 0.3) is 5.56 Å². The summed E-state index contributed by atoms with van der Waals surface area (Å²) in [4.78, 5) is 13.2. The van der Waals surface area contributed by atoms with Crippen LogP contribution in [0.15, 0.2) is 80.9 Å². The van der Waals surface area contributed by atoms with Gasteiger partial charge in [-0.25, -0.2) is 0 Å². The molecule has 0 radical (unpaired) electrons. The largest absolute Gasteiger partial charge is 0.507 e. The average Bonchev–Trinajstić information content (AvgIpc) is 2.65. The summed E-state index contributed by atoms with van der Waals surface area (Å²) in [5.74, 6) is -0.358. The van der Waals surface area contributed by atoms with E-state index in [2.05, 4.69) is 9.71 Å². The van der Waals surface area contributed by atoms with Gasteiger partial charge in [-0.15, -0.1) is 4.40 Å². The Morgan fingerprint density at radius 2 is 1.70 bits per heavy atom. The Kier molecular flexibility index (Phi) is 4.23. The molecule has 138 valence electrons. The number of hydrogen-bond acceptors (Lipinski definition) is 6. The molecule has 0 spiro atoms. The van der Waals surface area contributed by atoms with E-state index in [1.807, 2.05) is 30.3 Å². The first-order valence-electron chi connectivity index (χ1n) is 8.16. The van der Waals surface area contributed by atoms with Gasteiger partial charge in [0.1, 0.15) is 16.2 Å². The molecule has 4 N–H and O–H groups in total. The molecule has 0 bridgehead atoms. The van der Waals surface area contributed by atoms with E-state index < -0.39 is 16.3 Å². The quantitative estimate of drug-likeness (QED) is 0.554. The highest BCUT2D eigenvalue weighted by Gasteiger charge is 2.28. The van der Waals surface area contributed by atoms with Crippen molar-refractivity contribution >= 4 is 22.3 Å². The summed E-state index contributed by atoms with van der Waals surface area (Å²) in [6.07, 6.45) is 1.49. The number of para-hydroxylation sites is 1. The summed E-state index contributed by atoms with van der Waals surface area (Å²) in [6.45, 7) is 0.313. The lowest BCUT2D eigenvalue weighted by molar-refractivity contribution is 0.470. The third-order valence-corrected chi connectivity index (χ3v) is 5.61. The highest BCUT2D eigenvalue weighted by Crippen LogP contribution is 2.55. The number of aromatic nitrogens is 1. The third-order valence-electron chi connectivity index (χ3n) is 4.23. The van der Waals surface area contributed by atoms with Crippen LogP contribution in [-0.4, -0.2) is 24.6 Å². The molecule has 0 aliphatic carbocycles. The van der Waals surface area contributed by atoms with Crippen molar-refractivity contribution in [3.63, 3.8) is 0 Å². The number of benzene rings is 2. The number of rotatable bonds is 3. The molecule has 0 amide bonds. The van der Waals surface area contributed by atoms with E-state index in [0.29, 0.717) is 12.2 Å². The Hall–Kier alpha value is -3.07. The SMILES string of the molecule is O=c1c(C2=NS(O)(O)c3ccccc3N2)c(O)ccn1Cc1ccccc1. The highest BCUT2D eigenvalue weighted by atomic mass is 32.3. The molecule has 1 aliphatic heterocycles. The molecule has 0 atom stereocenters. The Bertz CT molecular complexity index is 1090. The molecule has 0 saturated carbocycles. The highest BCUT2D eigenvalue weighted by molar-refractivity contribution is 8.23. The van der Waals surface area contributed by atoms with Crippen LogP contribution < -0.4 is 10.9 Å². The van der Waals surface area contributed by atoms with Crippen LogP contribution in [0.4, 0.5) is 5.69 Å². The van der Waals surface area contributed by atoms with Gasteiger partial charge in [-0.05, 0) is 23.8 Å². The van der Waals surface area contributed by atoms with Crippen LogP contribution >= 0.6 is 10.8 Å². The topological polar surface area (TPSA) is 107 Å². The van der Waals surface area contributed by atoms with Crippen LogP contribution in [-0.2, 0) is 6.54 Å². The Morgan fingerprint density at radius 3 is 2.48 bits per heavy atom. The number of pyridine rings is 1. The summed E-state index contributed by atoms with van der Waals surface area (Å²) in [5, 5.41) is 13.2. The average molecular weight is 383 g/mol. The van der Waals surface area contributed by atoms with E-state index in [4.69, 9.17) is 0 Å². The van der Waals surface area contributed by atoms with Gasteiger partial charge in [0.15, 0.2) is 5.84 Å². The molecule has 1 aromatic heterocycles. The summed E-state index contributed by atoms with van der Waals surface area (Å²) < 4.78 is 26.1. The Labute approximate surface area is 156 Å². The van der Waals surface area contributed by atoms with Crippen LogP contribution in [0.2, 0.25) is 0 Å². The molecular weight excluding hydrogens is 366 g/mol. The second kappa shape index (κ2) is 6.58. The molecule has 3 aromatic rings. The molecule has 2 heterocycles. The van der Waals surface area contributed by atoms with E-state index in [-0.39, 0.29) is 22.0 Å². The van der Waals surface area contributed by atoms with E-state index in [1.54, 1.807) is 24.3 Å². The molecule has 27 heavy (non-hydrogen) atoms. The maximum atomic E-state index is 12.9. The predicted molar refractivity (Wildman–Crippen MR) is 106 cm³/mol. The van der Waals surface area contributed by atoms with Crippen molar-refractivity contribution < 1.29 is 14.2 Å². The monoisotopic (exact) mass is 383 g/mol. The number of nitrogens with one attached hydrogen (secondary N) is 1. The Morgan fingerprint density at radius 1 is 1.00 bits per heavy atom. The van der Waals surface area contributed by atoms with Crippen molar-refractivity contribution in [2.75, 3.05) is 5.32 Å². The number of hydrogen-bond donors (Lipinski definition) is 4. The zero-order valence-corrected chi connectivity index (χ0v) is 14.9. The van der Waals surface area contributed by atoms with Crippen LogP contribution in [0, 0.1) is 0 Å². The maximum Gasteiger partial charge on any atom is 0.265 e. The molecule has 4 rings (SSSR count). The van der Waals surface area contributed by atoms with Crippen LogP contribution in [0.3, 0.4) is 0 Å². The van der Waals surface area contributed by atoms with Crippen molar-refractivity contribution in [1.82, 2.24) is 4.57 Å². The Balaban J connectivity index is 1.80. The third kappa shape index (κ3) is 3.21. The van der Waals surface area contributed by atoms with Gasteiger partial charge in [-0.3, -0.25) is 13.9 Å². The van der Waals surface area contributed by atoms with Crippen molar-refractivity contribution in [3.05, 3.63) is 88.3 Å². The second-order valence-corrected chi connectivity index (χ2v) is 7.73. The molecule has 0 unspecified atom stereocenters. The van der Waals surface area contributed by atoms with Crippen molar-refractivity contribution in [2.45, 2.75) is 11.4 Å². The second-order valence-electron chi connectivity index (χ2n) is 6.07. The minimum absolute atomic E-state index is 0.0707. The zero-order chi connectivity index (χ0) is 19.0. The number of nitrogens with zero attached hydrogens (tertiary/aromatic N) is 2. The first kappa shape index (κ1) is 17.3. The summed E-state index contributed by atoms with van der Waals surface area (Å²) >= 11 is 0. The van der Waals surface area contributed by atoms with E-state index >= 15 is 0 Å². The first-order chi connectivity index (χ1) is 13.0. The van der Waals surface area contributed by atoms with Gasteiger partial charge in [0, 0.05) is 6.20 Å². The van der Waals surface area contributed by atoms with Gasteiger partial charge < -0.3 is 15.0 Å². The van der Waals surface area contributed by atoms with Gasteiger partial charge in [-0.2, -0.15) is 0 Å². The lowest BCUT2D eigenvalue weighted by atomic mass is 10.2. The van der Waals surface area contributed by atoms with Crippen molar-refractivity contribution in [3.8, 4) is 5.75 Å². The van der Waals surface area contributed by atoms with Gasteiger partial charge in [0.05, 0.1) is 12.2 Å². The van der Waals surface area contributed by atoms with E-state index in [9.17, 15) is 19.0 Å². The van der Waals surface area contributed by atoms with Crippen LogP contribution in [0.5, 0.6) is 5.75 Å². The molecule has 0 saturated heterocycles. The molecule has 0 fully saturated rings. The zero-order valence-electron chi connectivity index (χ0n) is 14.1. The lowest BCUT2D eigenvalue weighted by Gasteiger charge is -2.34. The van der Waals surface area contributed by atoms with Gasteiger partial charge in [-0.1, -0.05) is 53.2 Å². The summed E-state index contributed by atoms with van der Waals surface area (Å²) in [5.41, 5.74) is 0.756. The fourth-order valence-electron chi connectivity index (χ4n) is 2.94. The fraction of sp³-hybridized carbons (Fsp3) is 0.0526. The summed E-state index contributed by atoms with van der Waals surface area (Å²) in [6, 6.07) is 17.4. The fourth-order valence-corrected chi connectivity index (χ4v) is 4.10. The number of aromatic hydroxyl groups is 1. The molecule has 1 aliphatic rings. The molecule has 2 aromatic carbocycles. The maximum absolute atomic E-state index is 12.9. The minimum atomic E-state index is -3.48. The number of anilines is 1. The van der Waals surface area contributed by atoms with Crippen molar-refractivity contribution in [2.24, 2.45) is 4.40 Å². The van der Waals surface area contributed by atoms with Gasteiger partial charge in [0.2, 0.25) is 0 Å². The number of amidine groups is 1. The predicted octanol–water partition coefficient (Wildman–Crippen LogP) is 3.50. The van der Waals surface area contributed by atoms with E-state index in [0.717, 1.165) is 5.56 Å². The molecule has 8 heteroatoms. The van der Waals surface area contributed by atoms with Crippen molar-refractivity contribution in [1.29, 1.82) is 0 Å². The minimum Gasteiger partial charge on any atom is -0.507 e. The van der Waals surface area contributed by atoms with Crippen LogP contribution in [0.25, 0.3) is 0 Å². The van der Waals surface area contributed by atoms with E-state index in [1.165, 1.54) is 16.8 Å². The standard InChI is InChI=1S/C19H17N3O4S/c23-15-10-11-22(12-13-6-2-1-3-7-13)19(24)17(15)18-20-14-8-4-5-9-16(14)27(25,26)21-18/h1-11,23,25-26H,12H2,(H,20,21). The van der Waals surface area contributed by atoms with Crippen LogP contribution in [0.1, 0.15) is 11.1 Å². The molecule has 7 nitrogen and oxygen atoms in total. The number of fused-ring (bicyclic) bond motifs is 1. The first-order valence-corrected chi connectivity index (χ1v) is 9.67. The smallest absolute Gasteiger partial charge is 0.265 e. The van der Waals surface area contributed by atoms with Gasteiger partial charge >= 0.3 is 0 Å². The lowest BCUT2D eigenvalue weighted by Crippen LogP contribution is -2.31.